The first-order chi connectivity index (χ1) is 13.7. The molecule has 1 aliphatic rings. The average molecular weight is 403 g/mol. The van der Waals surface area contributed by atoms with E-state index in [2.05, 4.69) is 35.6 Å². The van der Waals surface area contributed by atoms with E-state index in [1.165, 1.54) is 11.1 Å². The van der Waals surface area contributed by atoms with Crippen molar-refractivity contribution in [2.24, 2.45) is 0 Å². The molecule has 1 N–H and O–H groups in total. The number of hydrogen-bond acceptors (Lipinski definition) is 4. The van der Waals surface area contributed by atoms with Gasteiger partial charge in [-0.15, -0.1) is 0 Å². The van der Waals surface area contributed by atoms with E-state index in [4.69, 9.17) is 8.92 Å². The van der Waals surface area contributed by atoms with Gasteiger partial charge in [0, 0.05) is 24.3 Å². The van der Waals surface area contributed by atoms with Crippen molar-refractivity contribution in [1.29, 1.82) is 0 Å². The molecule has 0 spiro atoms. The van der Waals surface area contributed by atoms with Crippen LogP contribution in [0.3, 0.4) is 0 Å². The quantitative estimate of drug-likeness (QED) is 0.511. The lowest BCUT2D eigenvalue weighted by atomic mass is 10.1. The van der Waals surface area contributed by atoms with Crippen molar-refractivity contribution in [2.75, 3.05) is 17.9 Å². The summed E-state index contributed by atoms with van der Waals surface area (Å²) in [6, 6.07) is 13.7. The number of benzene rings is 2. The molecule has 0 aliphatic carbocycles. The number of rotatable bonds is 11. The number of anilines is 1. The third kappa shape index (κ3) is 5.80. The molecule has 3 rings (SSSR count). The number of unbranched alkanes of at least 4 members (excludes halogenated alkanes) is 2. The van der Waals surface area contributed by atoms with E-state index in [0.29, 0.717) is 6.61 Å². The highest BCUT2D eigenvalue weighted by atomic mass is 32.2. The molecule has 1 atom stereocenters. The minimum Gasteiger partial charge on any atom is -0.457 e. The molecule has 2 aromatic rings. The van der Waals surface area contributed by atoms with Crippen LogP contribution in [0.15, 0.2) is 42.5 Å². The first-order valence-corrected chi connectivity index (χ1v) is 11.2. The summed E-state index contributed by atoms with van der Waals surface area (Å²) in [5.74, 6) is 1.68. The van der Waals surface area contributed by atoms with Gasteiger partial charge in [0.1, 0.15) is 11.5 Å². The summed E-state index contributed by atoms with van der Waals surface area (Å²) in [5.41, 5.74) is 3.37. The normalized spacial score (nSPS) is 14.6. The van der Waals surface area contributed by atoms with Gasteiger partial charge in [0.25, 0.3) is 11.3 Å². The van der Waals surface area contributed by atoms with Crippen LogP contribution in [-0.2, 0) is 28.5 Å². The van der Waals surface area contributed by atoms with E-state index in [-0.39, 0.29) is 0 Å². The molecule has 0 radical (unpaired) electrons. The Morgan fingerprint density at radius 3 is 2.61 bits per heavy atom. The number of hydrogen-bond donors (Lipinski definition) is 1. The Morgan fingerprint density at radius 2 is 1.86 bits per heavy atom. The molecule has 0 saturated carbocycles. The molecule has 1 unspecified atom stereocenters. The highest BCUT2D eigenvalue weighted by Gasteiger charge is 2.21. The summed E-state index contributed by atoms with van der Waals surface area (Å²) in [6.45, 7) is 7.87. The molecule has 0 fully saturated rings. The van der Waals surface area contributed by atoms with Crippen LogP contribution in [0.25, 0.3) is 0 Å². The topological polar surface area (TPSA) is 50.8 Å². The predicted octanol–water partition coefficient (Wildman–Crippen LogP) is 5.40. The van der Waals surface area contributed by atoms with Crippen LogP contribution in [0.1, 0.15) is 50.7 Å². The van der Waals surface area contributed by atoms with E-state index < -0.39 is 11.3 Å². The van der Waals surface area contributed by atoms with Gasteiger partial charge < -0.3 is 4.74 Å². The van der Waals surface area contributed by atoms with Gasteiger partial charge in [0.15, 0.2) is 0 Å². The Balaban J connectivity index is 1.56. The first-order valence-electron chi connectivity index (χ1n) is 10.1. The highest BCUT2D eigenvalue weighted by Crippen LogP contribution is 2.34. The summed E-state index contributed by atoms with van der Waals surface area (Å²) in [6.07, 6.45) is 4.28. The van der Waals surface area contributed by atoms with Crippen LogP contribution < -0.4 is 9.46 Å². The number of nitrogens with one attached hydrogen (secondary N) is 1. The van der Waals surface area contributed by atoms with Gasteiger partial charge in [-0.25, -0.2) is 4.21 Å². The number of nitrogens with zero attached hydrogens (tertiary/aromatic N) is 1. The first kappa shape index (κ1) is 20.8. The van der Waals surface area contributed by atoms with Gasteiger partial charge in [0.2, 0.25) is 0 Å². The molecule has 0 amide bonds. The summed E-state index contributed by atoms with van der Waals surface area (Å²) < 4.78 is 26.2. The Kier molecular flexibility index (Phi) is 7.89. The monoisotopic (exact) mass is 402 g/mol. The van der Waals surface area contributed by atoms with Gasteiger partial charge in [0.05, 0.1) is 6.61 Å². The molecule has 5 nitrogen and oxygen atoms in total. The van der Waals surface area contributed by atoms with Crippen LogP contribution in [0, 0.1) is 0 Å². The second kappa shape index (κ2) is 10.6. The van der Waals surface area contributed by atoms with Crippen molar-refractivity contribution < 1.29 is 13.1 Å². The van der Waals surface area contributed by atoms with Gasteiger partial charge >= 0.3 is 0 Å². The van der Waals surface area contributed by atoms with E-state index in [1.54, 1.807) is 0 Å². The number of fused-ring (bicyclic) bond motifs is 1. The van der Waals surface area contributed by atoms with Crippen molar-refractivity contribution in [3.8, 4) is 11.5 Å². The Labute approximate surface area is 170 Å². The van der Waals surface area contributed by atoms with Gasteiger partial charge in [-0.3, -0.25) is 13.8 Å². The Morgan fingerprint density at radius 1 is 1.04 bits per heavy atom. The minimum absolute atomic E-state index is 0.503. The Hall–Kier alpha value is -1.89. The zero-order valence-corrected chi connectivity index (χ0v) is 17.6. The fourth-order valence-electron chi connectivity index (χ4n) is 3.36. The SMILES string of the molecule is CCCCCOS(=O)Nc1ccc(Oc2cccc3c2CN(CCC)C3)cc1. The molecule has 28 heavy (non-hydrogen) atoms. The van der Waals surface area contributed by atoms with Crippen molar-refractivity contribution in [3.63, 3.8) is 0 Å². The summed E-state index contributed by atoms with van der Waals surface area (Å²) in [7, 11) is 0. The van der Waals surface area contributed by atoms with Crippen molar-refractivity contribution in [3.05, 3.63) is 53.6 Å². The summed E-state index contributed by atoms with van der Waals surface area (Å²) in [4.78, 5) is 2.44. The van der Waals surface area contributed by atoms with Crippen LogP contribution in [0.4, 0.5) is 5.69 Å². The van der Waals surface area contributed by atoms with Gasteiger partial charge in [-0.1, -0.05) is 38.8 Å². The van der Waals surface area contributed by atoms with E-state index in [9.17, 15) is 4.21 Å². The van der Waals surface area contributed by atoms with Crippen LogP contribution in [-0.4, -0.2) is 22.3 Å². The lowest BCUT2D eigenvalue weighted by molar-refractivity contribution is 0.283. The predicted molar refractivity (Wildman–Crippen MR) is 115 cm³/mol. The van der Waals surface area contributed by atoms with Gasteiger partial charge in [-0.2, -0.15) is 0 Å². The maximum Gasteiger partial charge on any atom is 0.261 e. The smallest absolute Gasteiger partial charge is 0.261 e. The highest BCUT2D eigenvalue weighted by molar-refractivity contribution is 7.81. The fourth-order valence-corrected chi connectivity index (χ4v) is 4.02. The van der Waals surface area contributed by atoms with Crippen LogP contribution >= 0.6 is 0 Å². The van der Waals surface area contributed by atoms with Crippen molar-refractivity contribution >= 4 is 17.0 Å². The van der Waals surface area contributed by atoms with Crippen LogP contribution in [0.5, 0.6) is 11.5 Å². The molecule has 0 aromatic heterocycles. The van der Waals surface area contributed by atoms with E-state index in [1.807, 2.05) is 30.3 Å². The zero-order chi connectivity index (χ0) is 19.8. The second-order valence-electron chi connectivity index (χ2n) is 7.10. The van der Waals surface area contributed by atoms with E-state index >= 15 is 0 Å². The maximum absolute atomic E-state index is 11.9. The van der Waals surface area contributed by atoms with Gasteiger partial charge in [-0.05, 0) is 55.3 Å². The van der Waals surface area contributed by atoms with Crippen LogP contribution in [0.2, 0.25) is 0 Å². The standard InChI is InChI=1S/C22H30N2O3S/c1-3-5-6-15-26-28(25)23-19-10-12-20(13-11-19)27-22-9-7-8-18-16-24(14-4-2)17-21(18)22/h7-13,23H,3-6,14-17H2,1-2H3. The molecule has 6 heteroatoms. The molecule has 0 bridgehead atoms. The molecule has 1 aliphatic heterocycles. The Bertz CT molecular complexity index is 780. The number of ether oxygens (including phenoxy) is 1. The zero-order valence-electron chi connectivity index (χ0n) is 16.8. The average Bonchev–Trinajstić information content (AvgIpc) is 3.11. The summed E-state index contributed by atoms with van der Waals surface area (Å²) >= 11 is -1.52. The van der Waals surface area contributed by atoms with Crippen molar-refractivity contribution in [2.45, 2.75) is 52.6 Å². The maximum atomic E-state index is 11.9. The van der Waals surface area contributed by atoms with E-state index in [0.717, 1.165) is 62.5 Å². The molecule has 152 valence electrons. The molecule has 2 aromatic carbocycles. The molecular formula is C22H30N2O3S. The third-order valence-electron chi connectivity index (χ3n) is 4.77. The molecule has 0 saturated heterocycles. The molecular weight excluding hydrogens is 372 g/mol. The van der Waals surface area contributed by atoms with Crippen molar-refractivity contribution in [1.82, 2.24) is 4.90 Å². The minimum atomic E-state index is -1.52. The lowest BCUT2D eigenvalue weighted by Crippen LogP contribution is -2.16. The fraction of sp³-hybridized carbons (Fsp3) is 0.455. The lowest BCUT2D eigenvalue weighted by Gasteiger charge is -2.13. The third-order valence-corrected chi connectivity index (χ3v) is 5.55. The molecule has 1 heterocycles. The second-order valence-corrected chi connectivity index (χ2v) is 8.01. The summed E-state index contributed by atoms with van der Waals surface area (Å²) in [5, 5.41) is 0. The largest absolute Gasteiger partial charge is 0.457 e.